The van der Waals surface area contributed by atoms with E-state index in [2.05, 4.69) is 10.3 Å². The molecule has 0 bridgehead atoms. The van der Waals surface area contributed by atoms with Crippen molar-refractivity contribution in [1.29, 1.82) is 0 Å². The van der Waals surface area contributed by atoms with E-state index in [1.807, 2.05) is 0 Å². The molecule has 4 aromatic rings. The Balaban J connectivity index is 1.03. The van der Waals surface area contributed by atoms with Gasteiger partial charge in [-0.3, -0.25) is 38.6 Å². The molecule has 4 aromatic carbocycles. The third kappa shape index (κ3) is 4.54. The van der Waals surface area contributed by atoms with Crippen molar-refractivity contribution >= 4 is 74.6 Å². The average molecular weight is 577 g/mol. The lowest BCUT2D eigenvalue weighted by molar-refractivity contribution is -0.121. The highest BCUT2D eigenvalue weighted by atomic mass is 16.2. The number of imide groups is 2. The molecule has 6 amide bonds. The number of aliphatic imine (C=N–C) groups is 1. The number of amides is 6. The van der Waals surface area contributed by atoms with E-state index in [0.717, 1.165) is 9.80 Å². The molecule has 2 aliphatic rings. The van der Waals surface area contributed by atoms with Crippen LogP contribution in [-0.4, -0.2) is 71.1 Å². The summed E-state index contributed by atoms with van der Waals surface area (Å²) in [5.74, 6) is -3.73. The highest BCUT2D eigenvalue weighted by Gasteiger charge is 2.35. The normalized spacial score (nSPS) is 14.3. The number of hydrogen-bond acceptors (Lipinski definition) is 8. The molecular formula is C31H24N6O6. The van der Waals surface area contributed by atoms with Crippen molar-refractivity contribution in [2.75, 3.05) is 31.1 Å². The Labute approximate surface area is 243 Å². The quantitative estimate of drug-likeness (QED) is 0.129. The van der Waals surface area contributed by atoms with Crippen molar-refractivity contribution in [2.24, 2.45) is 4.99 Å². The van der Waals surface area contributed by atoms with E-state index in [4.69, 9.17) is 11.5 Å². The van der Waals surface area contributed by atoms with Crippen molar-refractivity contribution in [3.05, 3.63) is 82.9 Å². The summed E-state index contributed by atoms with van der Waals surface area (Å²) >= 11 is 0. The Kier molecular flexibility index (Phi) is 6.65. The fourth-order valence-electron chi connectivity index (χ4n) is 5.44. The minimum absolute atomic E-state index is 0.0624. The van der Waals surface area contributed by atoms with Crippen LogP contribution in [0.1, 0.15) is 47.9 Å². The van der Waals surface area contributed by atoms with Gasteiger partial charge in [0.25, 0.3) is 29.5 Å². The van der Waals surface area contributed by atoms with Gasteiger partial charge in [-0.25, -0.2) is 4.99 Å². The van der Waals surface area contributed by atoms with Gasteiger partial charge in [-0.1, -0.05) is 24.3 Å². The molecule has 0 spiro atoms. The molecule has 0 aliphatic carbocycles. The number of anilines is 2. The maximum absolute atomic E-state index is 13.0. The lowest BCUT2D eigenvalue weighted by Gasteiger charge is -2.27. The van der Waals surface area contributed by atoms with E-state index in [9.17, 15) is 28.8 Å². The van der Waals surface area contributed by atoms with Crippen LogP contribution in [0.3, 0.4) is 0 Å². The number of carbonyl (C=O) groups excluding carboxylic acids is 6. The first-order valence-electron chi connectivity index (χ1n) is 13.3. The number of nitrogens with two attached hydrogens (primary N) is 2. The van der Waals surface area contributed by atoms with Crippen molar-refractivity contribution in [2.45, 2.75) is 6.42 Å². The largest absolute Gasteiger partial charge is 0.398 e. The second kappa shape index (κ2) is 10.5. The summed E-state index contributed by atoms with van der Waals surface area (Å²) in [6.07, 6.45) is 1.40. The number of nitrogens with zero attached hydrogens (tertiary/aromatic N) is 3. The van der Waals surface area contributed by atoms with Gasteiger partial charge in [0, 0.05) is 74.4 Å². The summed E-state index contributed by atoms with van der Waals surface area (Å²) in [5, 5.41) is 4.69. The fraction of sp³-hybridized carbons (Fsp3) is 0.129. The first kappa shape index (κ1) is 27.3. The first-order chi connectivity index (χ1) is 20.7. The monoisotopic (exact) mass is 576 g/mol. The third-order valence-corrected chi connectivity index (χ3v) is 7.48. The van der Waals surface area contributed by atoms with Crippen molar-refractivity contribution in [3.63, 3.8) is 0 Å². The maximum Gasteiger partial charge on any atom is 0.265 e. The molecule has 214 valence electrons. The topological polar surface area (TPSA) is 185 Å². The fourth-order valence-corrected chi connectivity index (χ4v) is 5.44. The van der Waals surface area contributed by atoms with Crippen molar-refractivity contribution in [3.8, 4) is 0 Å². The molecule has 0 saturated heterocycles. The van der Waals surface area contributed by atoms with Crippen LogP contribution in [-0.2, 0) is 9.59 Å². The molecule has 0 unspecified atom stereocenters. The van der Waals surface area contributed by atoms with E-state index in [0.29, 0.717) is 32.9 Å². The van der Waals surface area contributed by atoms with Crippen LogP contribution in [0.2, 0.25) is 0 Å². The molecule has 12 nitrogen and oxygen atoms in total. The highest BCUT2D eigenvalue weighted by molar-refractivity contribution is 6.28. The van der Waals surface area contributed by atoms with Gasteiger partial charge < -0.3 is 16.8 Å². The first-order valence-corrected chi connectivity index (χ1v) is 13.3. The Morgan fingerprint density at radius 1 is 0.674 bits per heavy atom. The summed E-state index contributed by atoms with van der Waals surface area (Å²) in [6.45, 7) is -0.986. The predicted octanol–water partition coefficient (Wildman–Crippen LogP) is 2.15. The molecule has 6 rings (SSSR count). The SMILES string of the molecule is Nc1ccc2c3c(cccc13)C(=O)N(CC(=O)N=CCCNC(=O)CN1C(=O)c3cccc4c(N)ccc(c34)C1=O)C2=O. The standard InChI is InChI=1S/C31H24N6O6/c32-22-10-8-20-26-16(22)4-1-6-18(26)28(40)36(30(20)42)14-24(38)34-12-3-13-35-25(39)15-37-29(41)19-7-2-5-17-23(33)11-9-21(27(17)19)31(37)43/h1-2,4-12H,3,13-15,32-33H2,(H,35,39). The number of benzene rings is 4. The maximum atomic E-state index is 13.0. The molecule has 0 radical (unpaired) electrons. The average Bonchev–Trinajstić information content (AvgIpc) is 3.00. The molecule has 0 saturated carbocycles. The molecular weight excluding hydrogens is 552 g/mol. The van der Waals surface area contributed by atoms with E-state index in [-0.39, 0.29) is 35.2 Å². The number of hydrogen-bond donors (Lipinski definition) is 3. The summed E-state index contributed by atoms with van der Waals surface area (Å²) in [5.41, 5.74) is 14.0. The van der Waals surface area contributed by atoms with Gasteiger partial charge in [-0.2, -0.15) is 0 Å². The highest BCUT2D eigenvalue weighted by Crippen LogP contribution is 2.34. The second-order valence-corrected chi connectivity index (χ2v) is 10.1. The molecule has 12 heteroatoms. The van der Waals surface area contributed by atoms with E-state index >= 15 is 0 Å². The number of rotatable bonds is 7. The molecule has 43 heavy (non-hydrogen) atoms. The van der Waals surface area contributed by atoms with Crippen LogP contribution < -0.4 is 16.8 Å². The van der Waals surface area contributed by atoms with Gasteiger partial charge in [0.15, 0.2) is 0 Å². The number of carbonyl (C=O) groups is 6. The predicted molar refractivity (Wildman–Crippen MR) is 159 cm³/mol. The van der Waals surface area contributed by atoms with E-state index in [1.54, 1.807) is 48.5 Å². The number of nitrogens with one attached hydrogen (secondary N) is 1. The van der Waals surface area contributed by atoms with Gasteiger partial charge in [-0.05, 0) is 36.4 Å². The smallest absolute Gasteiger partial charge is 0.265 e. The minimum Gasteiger partial charge on any atom is -0.398 e. The van der Waals surface area contributed by atoms with Gasteiger partial charge in [0.2, 0.25) is 5.91 Å². The Morgan fingerprint density at radius 2 is 1.14 bits per heavy atom. The molecule has 2 aliphatic heterocycles. The molecule has 0 aromatic heterocycles. The lowest BCUT2D eigenvalue weighted by Crippen LogP contribution is -2.46. The van der Waals surface area contributed by atoms with E-state index < -0.39 is 48.5 Å². The van der Waals surface area contributed by atoms with Crippen molar-refractivity contribution in [1.82, 2.24) is 15.1 Å². The Hall–Kier alpha value is -5.91. The second-order valence-electron chi connectivity index (χ2n) is 10.1. The van der Waals surface area contributed by atoms with Crippen LogP contribution in [0.25, 0.3) is 21.5 Å². The summed E-state index contributed by atoms with van der Waals surface area (Å²) in [6, 6.07) is 16.2. The Bertz CT molecular complexity index is 1920. The van der Waals surface area contributed by atoms with E-state index in [1.165, 1.54) is 18.3 Å². The van der Waals surface area contributed by atoms with Gasteiger partial charge in [0.05, 0.1) is 0 Å². The zero-order valence-electron chi connectivity index (χ0n) is 22.6. The summed E-state index contributed by atoms with van der Waals surface area (Å²) in [4.78, 5) is 82.6. The lowest BCUT2D eigenvalue weighted by atomic mass is 9.93. The van der Waals surface area contributed by atoms with Crippen LogP contribution in [0, 0.1) is 0 Å². The van der Waals surface area contributed by atoms with Crippen molar-refractivity contribution < 1.29 is 28.8 Å². The third-order valence-electron chi connectivity index (χ3n) is 7.48. The molecule has 5 N–H and O–H groups in total. The Morgan fingerprint density at radius 3 is 1.65 bits per heavy atom. The van der Waals surface area contributed by atoms with Crippen LogP contribution in [0.4, 0.5) is 11.4 Å². The summed E-state index contributed by atoms with van der Waals surface area (Å²) < 4.78 is 0. The summed E-state index contributed by atoms with van der Waals surface area (Å²) in [7, 11) is 0. The molecule has 0 atom stereocenters. The number of nitrogen functional groups attached to an aromatic ring is 2. The van der Waals surface area contributed by atoms with Crippen LogP contribution >= 0.6 is 0 Å². The molecule has 2 heterocycles. The van der Waals surface area contributed by atoms with Gasteiger partial charge >= 0.3 is 0 Å². The molecule has 0 fully saturated rings. The zero-order valence-corrected chi connectivity index (χ0v) is 22.6. The van der Waals surface area contributed by atoms with Crippen LogP contribution in [0.15, 0.2) is 65.7 Å². The minimum atomic E-state index is -0.725. The van der Waals surface area contributed by atoms with Crippen LogP contribution in [0.5, 0.6) is 0 Å². The van der Waals surface area contributed by atoms with Gasteiger partial charge in [-0.15, -0.1) is 0 Å². The zero-order chi connectivity index (χ0) is 30.4. The van der Waals surface area contributed by atoms with Gasteiger partial charge in [0.1, 0.15) is 13.1 Å².